The van der Waals surface area contributed by atoms with Gasteiger partial charge in [0.25, 0.3) is 0 Å². The molecule has 0 aromatic heterocycles. The Morgan fingerprint density at radius 2 is 2.08 bits per heavy atom. The summed E-state index contributed by atoms with van der Waals surface area (Å²) in [4.78, 5) is 4.25. The predicted molar refractivity (Wildman–Crippen MR) is 55.9 cm³/mol. The molecule has 0 radical (unpaired) electrons. The molecular formula is C9H19ClN2. The van der Waals surface area contributed by atoms with Gasteiger partial charge in [0.1, 0.15) is 0 Å². The summed E-state index contributed by atoms with van der Waals surface area (Å²) in [7, 11) is 0. The fourth-order valence-corrected chi connectivity index (χ4v) is 1.60. The van der Waals surface area contributed by atoms with Gasteiger partial charge in [-0.3, -0.25) is 4.99 Å². The second kappa shape index (κ2) is 5.41. The molecule has 0 spiro atoms. The van der Waals surface area contributed by atoms with E-state index in [1.54, 1.807) is 0 Å². The molecule has 1 aliphatic rings. The summed E-state index contributed by atoms with van der Waals surface area (Å²) in [5.74, 6) is 2.48. The first-order chi connectivity index (χ1) is 5.20. The zero-order chi connectivity index (χ0) is 8.27. The van der Waals surface area contributed by atoms with Crippen LogP contribution in [0.3, 0.4) is 0 Å². The van der Waals surface area contributed by atoms with Gasteiger partial charge in [-0.05, 0) is 24.7 Å². The van der Waals surface area contributed by atoms with Crippen LogP contribution in [-0.4, -0.2) is 12.4 Å². The van der Waals surface area contributed by atoms with E-state index in [0.717, 1.165) is 30.6 Å². The average molecular weight is 191 g/mol. The third-order valence-electron chi connectivity index (χ3n) is 2.53. The molecule has 72 valence electrons. The summed E-state index contributed by atoms with van der Waals surface area (Å²) in [5, 5.41) is 0. The maximum Gasteiger partial charge on any atom is 0.0937 e. The molecule has 1 heterocycles. The number of aliphatic imine (C=N–C) groups is 1. The molecule has 1 unspecified atom stereocenters. The van der Waals surface area contributed by atoms with Crippen LogP contribution in [0, 0.1) is 11.8 Å². The lowest BCUT2D eigenvalue weighted by molar-refractivity contribution is 0.352. The molecule has 3 heteroatoms. The van der Waals surface area contributed by atoms with Gasteiger partial charge in [0, 0.05) is 13.0 Å². The van der Waals surface area contributed by atoms with Crippen molar-refractivity contribution in [1.29, 1.82) is 0 Å². The Hall–Kier alpha value is -0.240. The summed E-state index contributed by atoms with van der Waals surface area (Å²) >= 11 is 0. The molecule has 0 bridgehead atoms. The Morgan fingerprint density at radius 1 is 1.42 bits per heavy atom. The highest BCUT2D eigenvalue weighted by atomic mass is 35.5. The molecular weight excluding hydrogens is 172 g/mol. The van der Waals surface area contributed by atoms with Crippen LogP contribution in [-0.2, 0) is 0 Å². The fraction of sp³-hybridized carbons (Fsp3) is 0.889. The van der Waals surface area contributed by atoms with Gasteiger partial charge < -0.3 is 5.73 Å². The van der Waals surface area contributed by atoms with E-state index in [2.05, 4.69) is 18.8 Å². The highest BCUT2D eigenvalue weighted by Gasteiger charge is 2.15. The number of hydrogen-bond donors (Lipinski definition) is 1. The first-order valence-corrected chi connectivity index (χ1v) is 4.49. The van der Waals surface area contributed by atoms with Crippen LogP contribution in [0.25, 0.3) is 0 Å². The van der Waals surface area contributed by atoms with Gasteiger partial charge in [-0.1, -0.05) is 13.8 Å². The zero-order valence-electron chi connectivity index (χ0n) is 7.92. The van der Waals surface area contributed by atoms with Crippen LogP contribution >= 0.6 is 12.4 Å². The smallest absolute Gasteiger partial charge is 0.0937 e. The molecule has 0 fully saturated rings. The summed E-state index contributed by atoms with van der Waals surface area (Å²) in [6, 6.07) is 0. The highest BCUT2D eigenvalue weighted by Crippen LogP contribution is 2.22. The topological polar surface area (TPSA) is 38.4 Å². The minimum absolute atomic E-state index is 0. The highest BCUT2D eigenvalue weighted by molar-refractivity contribution is 5.85. The van der Waals surface area contributed by atoms with Crippen molar-refractivity contribution in [1.82, 2.24) is 0 Å². The van der Waals surface area contributed by atoms with Crippen molar-refractivity contribution in [2.45, 2.75) is 33.1 Å². The van der Waals surface area contributed by atoms with Gasteiger partial charge in [0.05, 0.1) is 5.84 Å². The predicted octanol–water partition coefficient (Wildman–Crippen LogP) is 2.22. The molecule has 1 rings (SSSR count). The van der Waals surface area contributed by atoms with Gasteiger partial charge in [-0.15, -0.1) is 12.4 Å². The van der Waals surface area contributed by atoms with E-state index in [0.29, 0.717) is 0 Å². The third-order valence-corrected chi connectivity index (χ3v) is 2.53. The van der Waals surface area contributed by atoms with Crippen molar-refractivity contribution in [3.63, 3.8) is 0 Å². The average Bonchev–Trinajstić information content (AvgIpc) is 2.13. The zero-order valence-corrected chi connectivity index (χ0v) is 8.73. The van der Waals surface area contributed by atoms with Gasteiger partial charge in [-0.25, -0.2) is 0 Å². The van der Waals surface area contributed by atoms with E-state index < -0.39 is 0 Å². The first-order valence-electron chi connectivity index (χ1n) is 4.49. The monoisotopic (exact) mass is 190 g/mol. The molecule has 0 amide bonds. The Kier molecular flexibility index (Phi) is 5.31. The molecule has 0 aromatic carbocycles. The van der Waals surface area contributed by atoms with Crippen LogP contribution in [0.15, 0.2) is 4.99 Å². The van der Waals surface area contributed by atoms with E-state index in [4.69, 9.17) is 5.73 Å². The number of halogens is 1. The Balaban J connectivity index is 0.00000121. The van der Waals surface area contributed by atoms with Crippen LogP contribution in [0.2, 0.25) is 0 Å². The lowest BCUT2D eigenvalue weighted by Gasteiger charge is -2.16. The number of rotatable bonds is 1. The second-order valence-electron chi connectivity index (χ2n) is 3.70. The number of nitrogens with two attached hydrogens (primary N) is 1. The van der Waals surface area contributed by atoms with E-state index in [1.165, 1.54) is 12.8 Å². The maximum absolute atomic E-state index is 5.65. The molecule has 0 aromatic rings. The number of amidine groups is 1. The van der Waals surface area contributed by atoms with E-state index >= 15 is 0 Å². The van der Waals surface area contributed by atoms with Crippen molar-refractivity contribution >= 4 is 18.2 Å². The van der Waals surface area contributed by atoms with E-state index in [9.17, 15) is 0 Å². The minimum atomic E-state index is 0. The number of hydrogen-bond acceptors (Lipinski definition) is 2. The van der Waals surface area contributed by atoms with Crippen molar-refractivity contribution in [2.75, 3.05) is 6.54 Å². The standard InChI is InChI=1S/C9H18N2.ClH/c1-7(2)8-3-4-9(10)11-6-5-8;/h7-8H,3-6H2,1-2H3,(H2,10,11);1H. The van der Waals surface area contributed by atoms with Crippen LogP contribution < -0.4 is 5.73 Å². The summed E-state index contributed by atoms with van der Waals surface area (Å²) in [6.45, 7) is 5.51. The van der Waals surface area contributed by atoms with E-state index in [1.807, 2.05) is 0 Å². The quantitative estimate of drug-likeness (QED) is 0.677. The normalized spacial score (nSPS) is 24.2. The molecule has 0 saturated heterocycles. The largest absolute Gasteiger partial charge is 0.387 e. The van der Waals surface area contributed by atoms with Gasteiger partial charge in [0.15, 0.2) is 0 Å². The SMILES string of the molecule is CC(C)C1CCN=C(N)CC1.Cl. The summed E-state index contributed by atoms with van der Waals surface area (Å²) < 4.78 is 0. The first kappa shape index (κ1) is 11.8. The van der Waals surface area contributed by atoms with Crippen molar-refractivity contribution < 1.29 is 0 Å². The lowest BCUT2D eigenvalue weighted by atomic mass is 9.89. The second-order valence-corrected chi connectivity index (χ2v) is 3.70. The van der Waals surface area contributed by atoms with Crippen molar-refractivity contribution in [3.05, 3.63) is 0 Å². The van der Waals surface area contributed by atoms with Gasteiger partial charge >= 0.3 is 0 Å². The van der Waals surface area contributed by atoms with Crippen molar-refractivity contribution in [3.8, 4) is 0 Å². The number of nitrogens with zero attached hydrogens (tertiary/aromatic N) is 1. The molecule has 1 atom stereocenters. The Bertz CT molecular complexity index is 155. The lowest BCUT2D eigenvalue weighted by Crippen LogP contribution is -2.12. The van der Waals surface area contributed by atoms with Crippen LogP contribution in [0.1, 0.15) is 33.1 Å². The minimum Gasteiger partial charge on any atom is -0.387 e. The Morgan fingerprint density at radius 3 is 2.67 bits per heavy atom. The molecule has 0 aliphatic carbocycles. The molecule has 1 aliphatic heterocycles. The van der Waals surface area contributed by atoms with Gasteiger partial charge in [-0.2, -0.15) is 0 Å². The third kappa shape index (κ3) is 3.44. The van der Waals surface area contributed by atoms with Crippen molar-refractivity contribution in [2.24, 2.45) is 22.6 Å². The van der Waals surface area contributed by atoms with Crippen LogP contribution in [0.4, 0.5) is 0 Å². The summed E-state index contributed by atoms with van der Waals surface area (Å²) in [6.07, 6.45) is 3.45. The van der Waals surface area contributed by atoms with E-state index in [-0.39, 0.29) is 12.4 Å². The maximum atomic E-state index is 5.65. The molecule has 2 N–H and O–H groups in total. The molecule has 12 heavy (non-hydrogen) atoms. The Labute approximate surface area is 81.0 Å². The van der Waals surface area contributed by atoms with Gasteiger partial charge in [0.2, 0.25) is 0 Å². The van der Waals surface area contributed by atoms with Crippen LogP contribution in [0.5, 0.6) is 0 Å². The molecule has 2 nitrogen and oxygen atoms in total. The molecule has 0 saturated carbocycles. The fourth-order valence-electron chi connectivity index (χ4n) is 1.60. The summed E-state index contributed by atoms with van der Waals surface area (Å²) in [5.41, 5.74) is 5.65.